The van der Waals surface area contributed by atoms with Crippen molar-refractivity contribution in [3.8, 4) is 11.5 Å². The van der Waals surface area contributed by atoms with Gasteiger partial charge < -0.3 is 34.1 Å². The lowest BCUT2D eigenvalue weighted by atomic mass is 10.1. The zero-order valence-corrected chi connectivity index (χ0v) is 34.7. The van der Waals surface area contributed by atoms with E-state index in [9.17, 15) is 33.6 Å². The summed E-state index contributed by atoms with van der Waals surface area (Å²) in [6.45, 7) is 17.4. The van der Waals surface area contributed by atoms with Crippen molar-refractivity contribution in [2.24, 2.45) is 0 Å². The number of allylic oxidation sites excluding steroid dienone is 2. The van der Waals surface area contributed by atoms with Crippen LogP contribution in [0.3, 0.4) is 0 Å². The van der Waals surface area contributed by atoms with E-state index < -0.39 is 29.9 Å². The molecule has 1 amide bonds. The molecule has 0 spiro atoms. The van der Waals surface area contributed by atoms with Crippen LogP contribution in [0.1, 0.15) is 77.8 Å². The molecule has 15 heteroatoms. The first-order valence-electron chi connectivity index (χ1n) is 19.3. The van der Waals surface area contributed by atoms with Gasteiger partial charge in [-0.3, -0.25) is 38.5 Å². The van der Waals surface area contributed by atoms with Crippen molar-refractivity contribution in [3.63, 3.8) is 0 Å². The summed E-state index contributed by atoms with van der Waals surface area (Å²) in [5, 5.41) is 11.2. The standard InChI is InChI=1S/C27H37NO6.C17H21NO7/c1-6-11-21(7-2)20-33-27(31)19-23(28(9-4)10-5)18-26(30)32-17-16-22-12-14-24(15-13-22)34-25(29)8-3;1-11(19)18-14(9-16(21)22)10-17(23)24-8-7-13-3-5-15(6-4-13)25-12(2)20/h6-7,11-15,23H,1-2,8-10,16-20H2,3-5H3;3-6,14H,7-10H2,1-2H3,(H,18,19)(H,21,22)/b21-11+;/t23-;14-/m10/s1. The lowest BCUT2D eigenvalue weighted by molar-refractivity contribution is -0.148. The van der Waals surface area contributed by atoms with Crippen molar-refractivity contribution in [1.82, 2.24) is 10.2 Å². The van der Waals surface area contributed by atoms with Gasteiger partial charge in [0.2, 0.25) is 5.91 Å². The van der Waals surface area contributed by atoms with Gasteiger partial charge in [0.25, 0.3) is 0 Å². The summed E-state index contributed by atoms with van der Waals surface area (Å²) < 4.78 is 25.9. The second-order valence-corrected chi connectivity index (χ2v) is 13.0. The minimum absolute atomic E-state index is 0.0905. The molecule has 0 unspecified atom stereocenters. The second-order valence-electron chi connectivity index (χ2n) is 13.0. The van der Waals surface area contributed by atoms with Gasteiger partial charge in [0.1, 0.15) is 18.1 Å². The Morgan fingerprint density at radius 2 is 1.19 bits per heavy atom. The first-order chi connectivity index (χ1) is 28.1. The SMILES string of the molecule is C=C/C=C(\C=C)COC(=O)C[C@@H](CC(=O)OCCc1ccc(OC(=O)CC)cc1)N(CC)CC.CC(=O)N[C@@H](CC(=O)O)CC(=O)OCCc1ccc(OC(C)=O)cc1. The van der Waals surface area contributed by atoms with E-state index in [-0.39, 0.29) is 69.5 Å². The third kappa shape index (κ3) is 23.7. The molecule has 2 rings (SSSR count). The molecule has 0 aromatic heterocycles. The molecule has 0 radical (unpaired) electrons. The maximum Gasteiger partial charge on any atom is 0.310 e. The first kappa shape index (κ1) is 50.9. The minimum atomic E-state index is -1.11. The van der Waals surface area contributed by atoms with E-state index in [1.807, 2.05) is 30.9 Å². The Hall–Kier alpha value is -6.09. The van der Waals surface area contributed by atoms with Gasteiger partial charge in [-0.2, -0.15) is 0 Å². The molecular weight excluding hydrogens is 764 g/mol. The van der Waals surface area contributed by atoms with Crippen molar-refractivity contribution < 1.29 is 62.4 Å². The predicted octanol–water partition coefficient (Wildman–Crippen LogP) is 5.49. The highest BCUT2D eigenvalue weighted by Gasteiger charge is 2.24. The molecule has 2 atom stereocenters. The number of nitrogens with one attached hydrogen (secondary N) is 1. The van der Waals surface area contributed by atoms with Crippen molar-refractivity contribution in [2.45, 2.75) is 91.6 Å². The highest BCUT2D eigenvalue weighted by Crippen LogP contribution is 2.16. The number of hydrogen-bond donors (Lipinski definition) is 2. The molecule has 0 aliphatic carbocycles. The summed E-state index contributed by atoms with van der Waals surface area (Å²) in [5.41, 5.74) is 2.59. The zero-order valence-electron chi connectivity index (χ0n) is 34.7. The number of amides is 1. The molecule has 322 valence electrons. The number of benzene rings is 2. The van der Waals surface area contributed by atoms with Gasteiger partial charge in [0.15, 0.2) is 0 Å². The average molecular weight is 823 g/mol. The van der Waals surface area contributed by atoms with Crippen molar-refractivity contribution in [3.05, 3.63) is 96.6 Å². The van der Waals surface area contributed by atoms with Gasteiger partial charge in [-0.15, -0.1) is 0 Å². The predicted molar refractivity (Wildman–Crippen MR) is 219 cm³/mol. The smallest absolute Gasteiger partial charge is 0.310 e. The fourth-order valence-electron chi connectivity index (χ4n) is 5.38. The van der Waals surface area contributed by atoms with Crippen LogP contribution in [-0.2, 0) is 60.6 Å². The number of esters is 5. The van der Waals surface area contributed by atoms with Crippen molar-refractivity contribution in [1.29, 1.82) is 0 Å². The molecule has 15 nitrogen and oxygen atoms in total. The van der Waals surface area contributed by atoms with Gasteiger partial charge in [0.05, 0.1) is 38.9 Å². The van der Waals surface area contributed by atoms with E-state index in [0.717, 1.165) is 16.7 Å². The first-order valence-corrected chi connectivity index (χ1v) is 19.3. The fourth-order valence-corrected chi connectivity index (χ4v) is 5.38. The summed E-state index contributed by atoms with van der Waals surface area (Å²) >= 11 is 0. The molecule has 0 heterocycles. The van der Waals surface area contributed by atoms with E-state index in [0.29, 0.717) is 43.9 Å². The summed E-state index contributed by atoms with van der Waals surface area (Å²) in [7, 11) is 0. The van der Waals surface area contributed by atoms with Gasteiger partial charge in [-0.05, 0) is 54.1 Å². The molecule has 0 saturated heterocycles. The van der Waals surface area contributed by atoms with E-state index in [2.05, 4.69) is 18.5 Å². The number of rotatable bonds is 25. The van der Waals surface area contributed by atoms with Crippen LogP contribution in [0.2, 0.25) is 0 Å². The summed E-state index contributed by atoms with van der Waals surface area (Å²) in [4.78, 5) is 82.6. The Morgan fingerprint density at radius 1 is 0.695 bits per heavy atom. The van der Waals surface area contributed by atoms with Crippen molar-refractivity contribution in [2.75, 3.05) is 32.9 Å². The number of carboxylic acid groups (broad SMARTS) is 1. The lowest BCUT2D eigenvalue weighted by Crippen LogP contribution is -2.39. The monoisotopic (exact) mass is 822 g/mol. The third-order valence-electron chi connectivity index (χ3n) is 8.30. The van der Waals surface area contributed by atoms with Gasteiger partial charge in [0, 0.05) is 45.2 Å². The number of carbonyl (C=O) groups is 7. The number of aliphatic carboxylic acids is 1. The quantitative estimate of drug-likeness (QED) is 0.0551. The maximum absolute atomic E-state index is 12.5. The van der Waals surface area contributed by atoms with E-state index in [1.54, 1.807) is 61.5 Å². The number of carbonyl (C=O) groups excluding carboxylic acids is 6. The summed E-state index contributed by atoms with van der Waals surface area (Å²) in [6, 6.07) is 12.8. The van der Waals surface area contributed by atoms with Gasteiger partial charge in [-0.1, -0.05) is 76.4 Å². The molecule has 2 N–H and O–H groups in total. The Bertz CT molecular complexity index is 1700. The molecule has 0 bridgehead atoms. The van der Waals surface area contributed by atoms with Crippen LogP contribution in [0.15, 0.2) is 85.5 Å². The van der Waals surface area contributed by atoms with Crippen LogP contribution in [0.5, 0.6) is 11.5 Å². The number of hydrogen-bond acceptors (Lipinski definition) is 13. The van der Waals surface area contributed by atoms with Crippen LogP contribution in [0.4, 0.5) is 0 Å². The Kier molecular flexibility index (Phi) is 25.2. The number of nitrogens with zero attached hydrogens (tertiary/aromatic N) is 1. The molecule has 2 aromatic rings. The van der Waals surface area contributed by atoms with Crippen molar-refractivity contribution >= 4 is 41.7 Å². The summed E-state index contributed by atoms with van der Waals surface area (Å²) in [5.74, 6) is -2.63. The van der Waals surface area contributed by atoms with Crippen LogP contribution in [-0.4, -0.2) is 96.7 Å². The van der Waals surface area contributed by atoms with Crippen LogP contribution in [0.25, 0.3) is 0 Å². The molecule has 59 heavy (non-hydrogen) atoms. The Morgan fingerprint density at radius 3 is 1.61 bits per heavy atom. The normalized spacial score (nSPS) is 11.7. The van der Waals surface area contributed by atoms with Crippen LogP contribution < -0.4 is 14.8 Å². The topological polar surface area (TPSA) is 201 Å². The second kappa shape index (κ2) is 29.2. The maximum atomic E-state index is 12.5. The molecule has 0 aliphatic rings. The molecule has 0 fully saturated rings. The molecular formula is C44H58N2O13. The highest BCUT2D eigenvalue weighted by molar-refractivity contribution is 5.78. The number of carboxylic acids is 1. The van der Waals surface area contributed by atoms with Crippen LogP contribution >= 0.6 is 0 Å². The van der Waals surface area contributed by atoms with E-state index in [4.69, 9.17) is 28.8 Å². The Labute approximate surface area is 346 Å². The van der Waals surface area contributed by atoms with E-state index in [1.165, 1.54) is 13.8 Å². The zero-order chi connectivity index (χ0) is 44.2. The van der Waals surface area contributed by atoms with Gasteiger partial charge in [-0.25, -0.2) is 0 Å². The fraction of sp³-hybridized carbons (Fsp3) is 0.432. The highest BCUT2D eigenvalue weighted by atomic mass is 16.5. The van der Waals surface area contributed by atoms with Crippen LogP contribution in [0, 0.1) is 0 Å². The van der Waals surface area contributed by atoms with Gasteiger partial charge >= 0.3 is 35.8 Å². The Balaban J connectivity index is 0.000000618. The lowest BCUT2D eigenvalue weighted by Gasteiger charge is -2.28. The third-order valence-corrected chi connectivity index (χ3v) is 8.30. The van der Waals surface area contributed by atoms with E-state index >= 15 is 0 Å². The number of ether oxygens (including phenoxy) is 5. The average Bonchev–Trinajstić information content (AvgIpc) is 3.17. The molecule has 0 aliphatic heterocycles. The summed E-state index contributed by atoms with van der Waals surface area (Å²) in [6.07, 6.45) is 5.86. The molecule has 2 aromatic carbocycles. The largest absolute Gasteiger partial charge is 0.481 e. The minimum Gasteiger partial charge on any atom is -0.481 e. The molecule has 0 saturated carbocycles.